The molecule has 2 aromatic heterocycles. The van der Waals surface area contributed by atoms with Crippen LogP contribution in [0.1, 0.15) is 25.2 Å². The number of imidazole rings is 1. The Labute approximate surface area is 156 Å². The lowest BCUT2D eigenvalue weighted by Crippen LogP contribution is -2.24. The van der Waals surface area contributed by atoms with E-state index in [9.17, 15) is 4.79 Å². The first-order valence-electron chi connectivity index (χ1n) is 8.91. The van der Waals surface area contributed by atoms with Crippen LogP contribution in [-0.2, 0) is 17.8 Å². The van der Waals surface area contributed by atoms with Crippen LogP contribution in [0.3, 0.4) is 0 Å². The van der Waals surface area contributed by atoms with Crippen LogP contribution in [-0.4, -0.2) is 21.2 Å². The molecular formula is C21H20N4O2. The predicted octanol–water partition coefficient (Wildman–Crippen LogP) is 3.89. The zero-order valence-corrected chi connectivity index (χ0v) is 15.3. The third-order valence-corrected chi connectivity index (χ3v) is 4.57. The third kappa shape index (κ3) is 3.21. The van der Waals surface area contributed by atoms with Crippen molar-refractivity contribution in [3.63, 3.8) is 0 Å². The smallest absolute Gasteiger partial charge is 0.260 e. The summed E-state index contributed by atoms with van der Waals surface area (Å²) in [6.45, 7) is 4.07. The van der Waals surface area contributed by atoms with Crippen LogP contribution in [0, 0.1) is 0 Å². The highest BCUT2D eigenvalue weighted by molar-refractivity contribution is 6.02. The quantitative estimate of drug-likeness (QED) is 0.433. The number of aromatic nitrogens is 2. The van der Waals surface area contributed by atoms with Crippen molar-refractivity contribution >= 4 is 33.6 Å². The largest absolute Gasteiger partial charge is 0.454 e. The Bertz CT molecular complexity index is 1150. The fourth-order valence-corrected chi connectivity index (χ4v) is 3.27. The maximum Gasteiger partial charge on any atom is 0.260 e. The van der Waals surface area contributed by atoms with E-state index in [1.54, 1.807) is 10.9 Å². The highest BCUT2D eigenvalue weighted by Crippen LogP contribution is 2.26. The van der Waals surface area contributed by atoms with Gasteiger partial charge in [0, 0.05) is 10.9 Å². The lowest BCUT2D eigenvalue weighted by Gasteiger charge is -2.04. The number of benzene rings is 2. The van der Waals surface area contributed by atoms with Gasteiger partial charge in [0.25, 0.3) is 5.91 Å². The number of hydrogen-bond acceptors (Lipinski definition) is 4. The normalized spacial score (nSPS) is 12.0. The van der Waals surface area contributed by atoms with Crippen molar-refractivity contribution in [1.29, 1.82) is 0 Å². The monoisotopic (exact) mass is 360 g/mol. The van der Waals surface area contributed by atoms with Gasteiger partial charge >= 0.3 is 0 Å². The molecule has 6 heteroatoms. The molecule has 4 rings (SSSR count). The number of carbonyl (C=O) groups excluding carboxylic acids is 1. The number of carbonyl (C=O) groups is 1. The molecular weight excluding hydrogens is 340 g/mol. The number of furan rings is 1. The molecule has 0 spiro atoms. The number of rotatable bonds is 5. The molecule has 2 aromatic carbocycles. The second kappa shape index (κ2) is 7.07. The second-order valence-corrected chi connectivity index (χ2v) is 6.35. The van der Waals surface area contributed by atoms with Gasteiger partial charge in [0.05, 0.1) is 17.4 Å². The Morgan fingerprint density at radius 2 is 1.96 bits per heavy atom. The molecule has 0 unspecified atom stereocenters. The lowest BCUT2D eigenvalue weighted by atomic mass is 10.1. The van der Waals surface area contributed by atoms with E-state index in [2.05, 4.69) is 22.4 Å². The molecule has 136 valence electrons. The summed E-state index contributed by atoms with van der Waals surface area (Å²) in [5.74, 6) is 0.499. The Kier molecular flexibility index (Phi) is 4.46. The molecule has 1 N–H and O–H groups in total. The Hall–Kier alpha value is -3.41. The highest BCUT2D eigenvalue weighted by Gasteiger charge is 2.15. The molecule has 0 radical (unpaired) electrons. The molecule has 4 aromatic rings. The SMILES string of the molecule is CCc1c(/C(C)=N\NC(=O)Cn2cnc3ccccc32)oc2ccccc12. The van der Waals surface area contributed by atoms with Crippen molar-refractivity contribution in [2.45, 2.75) is 26.8 Å². The number of fused-ring (bicyclic) bond motifs is 2. The molecule has 0 bridgehead atoms. The maximum absolute atomic E-state index is 12.3. The van der Waals surface area contributed by atoms with Gasteiger partial charge in [-0.3, -0.25) is 4.79 Å². The van der Waals surface area contributed by atoms with E-state index >= 15 is 0 Å². The molecule has 6 nitrogen and oxygen atoms in total. The van der Waals surface area contributed by atoms with E-state index in [0.29, 0.717) is 11.5 Å². The van der Waals surface area contributed by atoms with Crippen LogP contribution in [0.2, 0.25) is 0 Å². The van der Waals surface area contributed by atoms with Crippen molar-refractivity contribution < 1.29 is 9.21 Å². The molecule has 27 heavy (non-hydrogen) atoms. The minimum absolute atomic E-state index is 0.151. The fourth-order valence-electron chi connectivity index (χ4n) is 3.27. The molecule has 0 aliphatic carbocycles. The van der Waals surface area contributed by atoms with E-state index in [0.717, 1.165) is 34.0 Å². The average Bonchev–Trinajstić information content (AvgIpc) is 3.27. The van der Waals surface area contributed by atoms with Gasteiger partial charge in [-0.1, -0.05) is 37.3 Å². The highest BCUT2D eigenvalue weighted by atomic mass is 16.3. The number of hydrazone groups is 1. The van der Waals surface area contributed by atoms with Gasteiger partial charge in [0.15, 0.2) is 5.76 Å². The van der Waals surface area contributed by atoms with E-state index in [1.807, 2.05) is 55.5 Å². The summed E-state index contributed by atoms with van der Waals surface area (Å²) >= 11 is 0. The van der Waals surface area contributed by atoms with Crippen LogP contribution in [0.25, 0.3) is 22.0 Å². The van der Waals surface area contributed by atoms with E-state index in [-0.39, 0.29) is 12.5 Å². The molecule has 1 amide bonds. The fraction of sp³-hybridized carbons (Fsp3) is 0.190. The van der Waals surface area contributed by atoms with E-state index < -0.39 is 0 Å². The van der Waals surface area contributed by atoms with Gasteiger partial charge in [-0.2, -0.15) is 5.10 Å². The van der Waals surface area contributed by atoms with Crippen molar-refractivity contribution in [2.75, 3.05) is 0 Å². The molecule has 0 aliphatic rings. The van der Waals surface area contributed by atoms with Crippen molar-refractivity contribution in [3.8, 4) is 0 Å². The standard InChI is InChI=1S/C21H20N4O2/c1-3-15-16-8-4-7-11-19(16)27-21(15)14(2)23-24-20(26)12-25-13-22-17-9-5-6-10-18(17)25/h4-11,13H,3,12H2,1-2H3,(H,24,26)/b23-14-. The first-order valence-corrected chi connectivity index (χ1v) is 8.91. The summed E-state index contributed by atoms with van der Waals surface area (Å²) in [5, 5.41) is 5.33. The van der Waals surface area contributed by atoms with Gasteiger partial charge in [0.2, 0.25) is 0 Å². The summed E-state index contributed by atoms with van der Waals surface area (Å²) in [7, 11) is 0. The Morgan fingerprint density at radius 3 is 2.81 bits per heavy atom. The van der Waals surface area contributed by atoms with E-state index in [4.69, 9.17) is 4.42 Å². The maximum atomic E-state index is 12.3. The zero-order valence-electron chi connectivity index (χ0n) is 15.3. The average molecular weight is 360 g/mol. The molecule has 0 aliphatic heterocycles. The van der Waals surface area contributed by atoms with Crippen LogP contribution in [0.15, 0.2) is 64.4 Å². The van der Waals surface area contributed by atoms with Gasteiger partial charge in [-0.05, 0) is 31.5 Å². The predicted molar refractivity (Wildman–Crippen MR) is 106 cm³/mol. The summed E-state index contributed by atoms with van der Waals surface area (Å²) in [6, 6.07) is 15.6. The van der Waals surface area contributed by atoms with E-state index in [1.165, 1.54) is 0 Å². The summed E-state index contributed by atoms with van der Waals surface area (Å²) in [4.78, 5) is 16.6. The van der Waals surface area contributed by atoms with Gasteiger partial charge in [0.1, 0.15) is 17.8 Å². The lowest BCUT2D eigenvalue weighted by molar-refractivity contribution is -0.121. The molecule has 2 heterocycles. The number of nitrogens with one attached hydrogen (secondary N) is 1. The topological polar surface area (TPSA) is 72.4 Å². The van der Waals surface area contributed by atoms with Gasteiger partial charge in [-0.25, -0.2) is 10.4 Å². The van der Waals surface area contributed by atoms with Crippen LogP contribution >= 0.6 is 0 Å². The number of para-hydroxylation sites is 3. The van der Waals surface area contributed by atoms with Crippen molar-refractivity contribution in [3.05, 3.63) is 66.2 Å². The van der Waals surface area contributed by atoms with Gasteiger partial charge in [-0.15, -0.1) is 0 Å². The number of hydrogen-bond donors (Lipinski definition) is 1. The molecule has 0 saturated heterocycles. The minimum atomic E-state index is -0.216. The van der Waals surface area contributed by atoms with Crippen LogP contribution in [0.4, 0.5) is 0 Å². The zero-order chi connectivity index (χ0) is 18.8. The summed E-state index contributed by atoms with van der Waals surface area (Å²) in [6.07, 6.45) is 2.49. The summed E-state index contributed by atoms with van der Waals surface area (Å²) in [5.41, 5.74) is 6.97. The van der Waals surface area contributed by atoms with Crippen molar-refractivity contribution in [1.82, 2.24) is 15.0 Å². The first kappa shape index (κ1) is 17.0. The molecule has 0 fully saturated rings. The number of nitrogens with zero attached hydrogens (tertiary/aromatic N) is 3. The first-order chi connectivity index (χ1) is 13.2. The Morgan fingerprint density at radius 1 is 1.19 bits per heavy atom. The third-order valence-electron chi connectivity index (χ3n) is 4.57. The molecule has 0 atom stereocenters. The Balaban J connectivity index is 1.53. The summed E-state index contributed by atoms with van der Waals surface area (Å²) < 4.78 is 7.75. The van der Waals surface area contributed by atoms with Crippen molar-refractivity contribution in [2.24, 2.45) is 5.10 Å². The van der Waals surface area contributed by atoms with Crippen LogP contribution < -0.4 is 5.43 Å². The van der Waals surface area contributed by atoms with Crippen LogP contribution in [0.5, 0.6) is 0 Å². The second-order valence-electron chi connectivity index (χ2n) is 6.35. The van der Waals surface area contributed by atoms with Gasteiger partial charge < -0.3 is 8.98 Å². The minimum Gasteiger partial charge on any atom is -0.454 e. The number of aryl methyl sites for hydroxylation is 1. The molecule has 0 saturated carbocycles. The number of amides is 1.